The monoisotopic (exact) mass is 187 g/mol. The molecule has 3 heteroatoms. The van der Waals surface area contributed by atoms with Crippen LogP contribution in [-0.4, -0.2) is 15.7 Å². The van der Waals surface area contributed by atoms with E-state index in [9.17, 15) is 4.21 Å². The van der Waals surface area contributed by atoms with Crippen LogP contribution in [0.1, 0.15) is 33.6 Å². The molecule has 0 saturated heterocycles. The second-order valence-electron chi connectivity index (χ2n) is 3.53. The Hall–Kier alpha value is -0.360. The average Bonchev–Trinajstić information content (AvgIpc) is 2.04. The van der Waals surface area contributed by atoms with Crippen LogP contribution in [0, 0.1) is 16.7 Å². The van der Waals surface area contributed by atoms with Crippen LogP contribution in [0.3, 0.4) is 0 Å². The lowest BCUT2D eigenvalue weighted by molar-refractivity contribution is 0.447. The van der Waals surface area contributed by atoms with Gasteiger partial charge in [-0.1, -0.05) is 6.92 Å². The average molecular weight is 187 g/mol. The lowest BCUT2D eigenvalue weighted by atomic mass is 9.90. The summed E-state index contributed by atoms with van der Waals surface area (Å²) in [6, 6.07) is 2.23. The summed E-state index contributed by atoms with van der Waals surface area (Å²) in [6.45, 7) is 5.76. The Labute approximate surface area is 77.4 Å². The molecule has 0 N–H and O–H groups in total. The summed E-state index contributed by atoms with van der Waals surface area (Å²) in [7, 11) is -0.673. The van der Waals surface area contributed by atoms with Crippen molar-refractivity contribution in [2.75, 3.05) is 11.5 Å². The summed E-state index contributed by atoms with van der Waals surface area (Å²) in [6.07, 6.45) is 1.73. The van der Waals surface area contributed by atoms with Gasteiger partial charge in [0, 0.05) is 22.3 Å². The molecular weight excluding hydrogens is 170 g/mol. The molecule has 0 aliphatic carbocycles. The lowest BCUT2D eigenvalue weighted by Gasteiger charge is -2.13. The van der Waals surface area contributed by atoms with Crippen molar-refractivity contribution in [3.05, 3.63) is 0 Å². The largest absolute Gasteiger partial charge is 0.260 e. The Morgan fingerprint density at radius 3 is 2.50 bits per heavy atom. The Bertz CT molecular complexity index is 193. The van der Waals surface area contributed by atoms with Crippen LogP contribution in [0.15, 0.2) is 0 Å². The van der Waals surface area contributed by atoms with E-state index in [4.69, 9.17) is 5.26 Å². The molecule has 0 aliphatic rings. The normalized spacial score (nSPS) is 13.8. The molecule has 0 aromatic rings. The first kappa shape index (κ1) is 11.6. The molecule has 0 amide bonds. The third kappa shape index (κ3) is 5.31. The summed E-state index contributed by atoms with van der Waals surface area (Å²) in [5.41, 5.74) is -0.252. The zero-order valence-electron chi connectivity index (χ0n) is 8.09. The Kier molecular flexibility index (Phi) is 5.16. The van der Waals surface area contributed by atoms with Gasteiger partial charge in [0.2, 0.25) is 0 Å². The third-order valence-corrected chi connectivity index (χ3v) is 3.19. The zero-order chi connectivity index (χ0) is 9.61. The minimum absolute atomic E-state index is 0.252. The summed E-state index contributed by atoms with van der Waals surface area (Å²) < 4.78 is 11.0. The lowest BCUT2D eigenvalue weighted by Crippen LogP contribution is -2.10. The predicted octanol–water partition coefficient (Wildman–Crippen LogP) is 2.08. The van der Waals surface area contributed by atoms with E-state index in [0.29, 0.717) is 0 Å². The van der Waals surface area contributed by atoms with Gasteiger partial charge >= 0.3 is 0 Å². The highest BCUT2D eigenvalue weighted by Gasteiger charge is 2.15. The van der Waals surface area contributed by atoms with Crippen LogP contribution in [0.25, 0.3) is 0 Å². The van der Waals surface area contributed by atoms with Crippen molar-refractivity contribution in [1.82, 2.24) is 0 Å². The number of nitrogens with zero attached hydrogens (tertiary/aromatic N) is 1. The van der Waals surface area contributed by atoms with Crippen molar-refractivity contribution < 1.29 is 4.21 Å². The molecule has 0 saturated carbocycles. The van der Waals surface area contributed by atoms with Crippen molar-refractivity contribution in [2.24, 2.45) is 5.41 Å². The first-order valence-electron chi connectivity index (χ1n) is 4.28. The van der Waals surface area contributed by atoms with Crippen LogP contribution in [-0.2, 0) is 10.8 Å². The zero-order valence-corrected chi connectivity index (χ0v) is 8.91. The molecule has 1 atom stereocenters. The van der Waals surface area contributed by atoms with E-state index in [1.54, 1.807) is 0 Å². The third-order valence-electron chi connectivity index (χ3n) is 1.80. The van der Waals surface area contributed by atoms with Crippen LogP contribution >= 0.6 is 0 Å². The smallest absolute Gasteiger partial charge is 0.0683 e. The van der Waals surface area contributed by atoms with E-state index in [1.807, 2.05) is 20.8 Å². The van der Waals surface area contributed by atoms with Gasteiger partial charge in [0.25, 0.3) is 0 Å². The maximum Gasteiger partial charge on any atom is 0.0683 e. The molecule has 0 fully saturated rings. The Balaban J connectivity index is 3.58. The summed E-state index contributed by atoms with van der Waals surface area (Å²) in [5, 5.41) is 8.69. The molecule has 0 heterocycles. The standard InChI is InChI=1S/C9H17NOS/c1-4-12(11)7-5-6-9(2,3)8-10/h4-7H2,1-3H3. The Morgan fingerprint density at radius 1 is 1.50 bits per heavy atom. The molecule has 0 aromatic carbocycles. The number of nitriles is 1. The molecule has 0 spiro atoms. The van der Waals surface area contributed by atoms with Gasteiger partial charge in [-0.15, -0.1) is 0 Å². The highest BCUT2D eigenvalue weighted by molar-refractivity contribution is 7.84. The molecule has 0 aromatic heterocycles. The predicted molar refractivity (Wildman–Crippen MR) is 52.2 cm³/mol. The molecule has 0 rings (SSSR count). The topological polar surface area (TPSA) is 40.9 Å². The van der Waals surface area contributed by atoms with Crippen molar-refractivity contribution in [1.29, 1.82) is 5.26 Å². The van der Waals surface area contributed by atoms with Gasteiger partial charge in [0.05, 0.1) is 11.5 Å². The van der Waals surface area contributed by atoms with Crippen LogP contribution < -0.4 is 0 Å². The maximum absolute atomic E-state index is 11.0. The fourth-order valence-corrected chi connectivity index (χ4v) is 1.63. The molecule has 12 heavy (non-hydrogen) atoms. The van der Waals surface area contributed by atoms with Crippen molar-refractivity contribution in [3.63, 3.8) is 0 Å². The van der Waals surface area contributed by atoms with E-state index in [0.717, 1.165) is 24.3 Å². The molecule has 70 valence electrons. The van der Waals surface area contributed by atoms with Gasteiger partial charge in [-0.3, -0.25) is 4.21 Å². The fourth-order valence-electron chi connectivity index (χ4n) is 0.875. The van der Waals surface area contributed by atoms with E-state index in [-0.39, 0.29) is 5.41 Å². The molecule has 0 radical (unpaired) electrons. The second-order valence-corrected chi connectivity index (χ2v) is 5.40. The number of rotatable bonds is 5. The van der Waals surface area contributed by atoms with E-state index >= 15 is 0 Å². The molecule has 0 aliphatic heterocycles. The minimum atomic E-state index is -0.673. The van der Waals surface area contributed by atoms with E-state index < -0.39 is 10.8 Å². The molecule has 1 unspecified atom stereocenters. The molecule has 2 nitrogen and oxygen atoms in total. The number of hydrogen-bond donors (Lipinski definition) is 0. The highest BCUT2D eigenvalue weighted by Crippen LogP contribution is 2.20. The highest BCUT2D eigenvalue weighted by atomic mass is 32.2. The summed E-state index contributed by atoms with van der Waals surface area (Å²) >= 11 is 0. The SMILES string of the molecule is CCS(=O)CCCC(C)(C)C#N. The maximum atomic E-state index is 11.0. The first-order valence-corrected chi connectivity index (χ1v) is 5.77. The van der Waals surface area contributed by atoms with Crippen molar-refractivity contribution >= 4 is 10.8 Å². The minimum Gasteiger partial charge on any atom is -0.260 e. The van der Waals surface area contributed by atoms with E-state index in [2.05, 4.69) is 6.07 Å². The van der Waals surface area contributed by atoms with Crippen molar-refractivity contribution in [3.8, 4) is 6.07 Å². The molecular formula is C9H17NOS. The molecule has 0 bridgehead atoms. The van der Waals surface area contributed by atoms with Gasteiger partial charge in [0.15, 0.2) is 0 Å². The quantitative estimate of drug-likeness (QED) is 0.661. The van der Waals surface area contributed by atoms with Gasteiger partial charge < -0.3 is 0 Å². The number of hydrogen-bond acceptors (Lipinski definition) is 2. The van der Waals surface area contributed by atoms with Crippen molar-refractivity contribution in [2.45, 2.75) is 33.6 Å². The van der Waals surface area contributed by atoms with Gasteiger partial charge in [-0.2, -0.15) is 5.26 Å². The van der Waals surface area contributed by atoms with Gasteiger partial charge in [-0.25, -0.2) is 0 Å². The fraction of sp³-hybridized carbons (Fsp3) is 0.889. The van der Waals surface area contributed by atoms with Crippen LogP contribution in [0.4, 0.5) is 0 Å². The van der Waals surface area contributed by atoms with Crippen LogP contribution in [0.5, 0.6) is 0 Å². The Morgan fingerprint density at radius 2 is 2.08 bits per heavy atom. The summed E-state index contributed by atoms with van der Waals surface area (Å²) in [5.74, 6) is 1.47. The first-order chi connectivity index (χ1) is 5.52. The second kappa shape index (κ2) is 5.31. The van der Waals surface area contributed by atoms with Crippen LogP contribution in [0.2, 0.25) is 0 Å². The van der Waals surface area contributed by atoms with Gasteiger partial charge in [0.1, 0.15) is 0 Å². The summed E-state index contributed by atoms with van der Waals surface area (Å²) in [4.78, 5) is 0. The van der Waals surface area contributed by atoms with E-state index in [1.165, 1.54) is 0 Å². The van der Waals surface area contributed by atoms with Gasteiger partial charge in [-0.05, 0) is 26.7 Å².